The van der Waals surface area contributed by atoms with Crippen molar-refractivity contribution < 1.29 is 19.4 Å². The van der Waals surface area contributed by atoms with E-state index in [4.69, 9.17) is 9.47 Å². The highest BCUT2D eigenvalue weighted by Gasteiger charge is 2.21. The first-order valence-electron chi connectivity index (χ1n) is 9.57. The zero-order valence-corrected chi connectivity index (χ0v) is 16.1. The van der Waals surface area contributed by atoms with Gasteiger partial charge in [-0.25, -0.2) is 4.79 Å². The molecule has 0 amide bonds. The molecule has 30 heavy (non-hydrogen) atoms. The van der Waals surface area contributed by atoms with Crippen molar-refractivity contribution in [1.29, 1.82) is 0 Å². The third kappa shape index (κ3) is 4.67. The summed E-state index contributed by atoms with van der Waals surface area (Å²) in [5.41, 5.74) is 2.85. The van der Waals surface area contributed by atoms with Crippen molar-refractivity contribution in [3.8, 4) is 28.4 Å². The topological polar surface area (TPSA) is 55.8 Å². The average molecular weight is 396 g/mol. The maximum Gasteiger partial charge on any atom is 0.349 e. The fraction of sp³-hybridized carbons (Fsp3) is 0.0385. The molecule has 4 rings (SSSR count). The zero-order valence-electron chi connectivity index (χ0n) is 16.1. The van der Waals surface area contributed by atoms with Crippen LogP contribution in [-0.4, -0.2) is 11.1 Å². The Kier molecular flexibility index (Phi) is 5.76. The highest BCUT2D eigenvalue weighted by molar-refractivity contribution is 5.74. The van der Waals surface area contributed by atoms with Gasteiger partial charge in [0.05, 0.1) is 0 Å². The van der Waals surface area contributed by atoms with Gasteiger partial charge in [0, 0.05) is 5.56 Å². The second kappa shape index (κ2) is 8.97. The van der Waals surface area contributed by atoms with Crippen LogP contribution in [0.3, 0.4) is 0 Å². The number of carboxylic acid groups (broad SMARTS) is 1. The lowest BCUT2D eigenvalue weighted by Gasteiger charge is -2.16. The summed E-state index contributed by atoms with van der Waals surface area (Å²) in [6.07, 6.45) is -1.07. The minimum Gasteiger partial charge on any atom is -0.478 e. The summed E-state index contributed by atoms with van der Waals surface area (Å²) in [4.78, 5) is 11.6. The van der Waals surface area contributed by atoms with Crippen LogP contribution in [0.25, 0.3) is 11.1 Å². The number of hydrogen-bond donors (Lipinski definition) is 1. The molecular formula is C26H20O4. The molecule has 0 saturated carbocycles. The molecule has 1 N–H and O–H groups in total. The van der Waals surface area contributed by atoms with Crippen molar-refractivity contribution in [2.45, 2.75) is 6.10 Å². The van der Waals surface area contributed by atoms with Gasteiger partial charge in [0.25, 0.3) is 0 Å². The molecule has 1 atom stereocenters. The van der Waals surface area contributed by atoms with Gasteiger partial charge in [0.1, 0.15) is 17.2 Å². The zero-order chi connectivity index (χ0) is 20.8. The summed E-state index contributed by atoms with van der Waals surface area (Å²) in [5.74, 6) is 0.774. The van der Waals surface area contributed by atoms with E-state index in [0.29, 0.717) is 17.1 Å². The van der Waals surface area contributed by atoms with Crippen molar-refractivity contribution in [2.24, 2.45) is 0 Å². The number of ether oxygens (including phenoxy) is 2. The van der Waals surface area contributed by atoms with Gasteiger partial charge in [-0.3, -0.25) is 0 Å². The fourth-order valence-electron chi connectivity index (χ4n) is 3.09. The summed E-state index contributed by atoms with van der Waals surface area (Å²) >= 11 is 0. The van der Waals surface area contributed by atoms with E-state index in [1.807, 2.05) is 48.5 Å². The van der Waals surface area contributed by atoms with E-state index in [2.05, 4.69) is 12.1 Å². The van der Waals surface area contributed by atoms with Gasteiger partial charge in [-0.15, -0.1) is 0 Å². The van der Waals surface area contributed by atoms with Crippen LogP contribution in [0.2, 0.25) is 0 Å². The van der Waals surface area contributed by atoms with E-state index in [0.717, 1.165) is 16.9 Å². The van der Waals surface area contributed by atoms with E-state index < -0.39 is 12.1 Å². The van der Waals surface area contributed by atoms with E-state index in [9.17, 15) is 9.90 Å². The average Bonchev–Trinajstić information content (AvgIpc) is 2.80. The van der Waals surface area contributed by atoms with Crippen LogP contribution in [0.5, 0.6) is 17.2 Å². The Balaban J connectivity index is 1.43. The number of hydrogen-bond acceptors (Lipinski definition) is 3. The molecule has 0 radical (unpaired) electrons. The van der Waals surface area contributed by atoms with Crippen LogP contribution < -0.4 is 9.47 Å². The Hall–Kier alpha value is -4.05. The Morgan fingerprint density at radius 1 is 0.600 bits per heavy atom. The van der Waals surface area contributed by atoms with E-state index >= 15 is 0 Å². The Morgan fingerprint density at radius 2 is 1.07 bits per heavy atom. The van der Waals surface area contributed by atoms with Crippen LogP contribution in [-0.2, 0) is 4.79 Å². The smallest absolute Gasteiger partial charge is 0.349 e. The van der Waals surface area contributed by atoms with Crippen molar-refractivity contribution in [3.05, 3.63) is 115 Å². The molecule has 148 valence electrons. The molecule has 4 heteroatoms. The molecule has 1 unspecified atom stereocenters. The molecule has 0 spiro atoms. The van der Waals surface area contributed by atoms with Crippen LogP contribution in [0, 0.1) is 0 Å². The van der Waals surface area contributed by atoms with Crippen molar-refractivity contribution in [3.63, 3.8) is 0 Å². The Morgan fingerprint density at radius 3 is 1.63 bits per heavy atom. The van der Waals surface area contributed by atoms with Crippen LogP contribution in [0.15, 0.2) is 109 Å². The minimum atomic E-state index is -1.07. The van der Waals surface area contributed by atoms with Gasteiger partial charge < -0.3 is 14.6 Å². The number of benzene rings is 4. The SMILES string of the molecule is O=C(O)C(Oc1ccc(Oc2ccc(-c3ccccc3)cc2)cc1)c1ccccc1. The molecule has 0 aromatic heterocycles. The fourth-order valence-corrected chi connectivity index (χ4v) is 3.09. The van der Waals surface area contributed by atoms with Crippen LogP contribution in [0.1, 0.15) is 11.7 Å². The normalized spacial score (nSPS) is 11.5. The lowest BCUT2D eigenvalue weighted by atomic mass is 10.1. The molecule has 4 aromatic rings. The Labute approximate surface area is 175 Å². The van der Waals surface area contributed by atoms with E-state index in [1.165, 1.54) is 0 Å². The summed E-state index contributed by atoms with van der Waals surface area (Å²) in [6.45, 7) is 0. The quantitative estimate of drug-likeness (QED) is 0.395. The maximum atomic E-state index is 11.6. The second-order valence-corrected chi connectivity index (χ2v) is 6.71. The summed E-state index contributed by atoms with van der Waals surface area (Å²) < 4.78 is 11.6. The number of aliphatic carboxylic acids is 1. The first-order valence-corrected chi connectivity index (χ1v) is 9.57. The van der Waals surface area contributed by atoms with Crippen LogP contribution in [0.4, 0.5) is 0 Å². The third-order valence-corrected chi connectivity index (χ3v) is 4.60. The summed E-state index contributed by atoms with van der Waals surface area (Å²) in [7, 11) is 0. The maximum absolute atomic E-state index is 11.6. The second-order valence-electron chi connectivity index (χ2n) is 6.71. The standard InChI is InChI=1S/C26H20O4/c27-26(28)25(21-9-5-2-6-10-21)30-24-17-15-23(16-18-24)29-22-13-11-20(12-14-22)19-7-3-1-4-8-19/h1-18,25H,(H,27,28). The third-order valence-electron chi connectivity index (χ3n) is 4.60. The van der Waals surface area contributed by atoms with Crippen LogP contribution >= 0.6 is 0 Å². The van der Waals surface area contributed by atoms with Gasteiger partial charge in [-0.05, 0) is 47.5 Å². The molecular weight excluding hydrogens is 376 g/mol. The minimum absolute atomic E-state index is 0.457. The molecule has 0 fully saturated rings. The van der Waals surface area contributed by atoms with Gasteiger partial charge in [-0.1, -0.05) is 72.8 Å². The van der Waals surface area contributed by atoms with Gasteiger partial charge >= 0.3 is 5.97 Å². The van der Waals surface area contributed by atoms with Crippen molar-refractivity contribution >= 4 is 5.97 Å². The summed E-state index contributed by atoms with van der Waals surface area (Å²) in [5, 5.41) is 9.49. The highest BCUT2D eigenvalue weighted by atomic mass is 16.5. The molecule has 4 nitrogen and oxygen atoms in total. The molecule has 0 aliphatic heterocycles. The lowest BCUT2D eigenvalue weighted by molar-refractivity contribution is -0.145. The molecule has 0 heterocycles. The summed E-state index contributed by atoms with van der Waals surface area (Å²) in [6, 6.07) is 33.8. The van der Waals surface area contributed by atoms with Crippen molar-refractivity contribution in [1.82, 2.24) is 0 Å². The first kappa shape index (κ1) is 19.3. The largest absolute Gasteiger partial charge is 0.478 e. The van der Waals surface area contributed by atoms with Gasteiger partial charge in [0.15, 0.2) is 0 Å². The molecule has 0 aliphatic carbocycles. The predicted molar refractivity (Wildman–Crippen MR) is 116 cm³/mol. The monoisotopic (exact) mass is 396 g/mol. The molecule has 4 aromatic carbocycles. The molecule has 0 saturated heterocycles. The number of carboxylic acids is 1. The molecule has 0 aliphatic rings. The van der Waals surface area contributed by atoms with Gasteiger partial charge in [-0.2, -0.15) is 0 Å². The van der Waals surface area contributed by atoms with Gasteiger partial charge in [0.2, 0.25) is 6.10 Å². The molecule has 0 bridgehead atoms. The van der Waals surface area contributed by atoms with E-state index in [-0.39, 0.29) is 0 Å². The predicted octanol–water partition coefficient (Wildman–Crippen LogP) is 6.35. The van der Waals surface area contributed by atoms with E-state index in [1.54, 1.807) is 48.5 Å². The highest BCUT2D eigenvalue weighted by Crippen LogP contribution is 2.28. The lowest BCUT2D eigenvalue weighted by Crippen LogP contribution is -2.18. The Bertz CT molecular complexity index is 1090. The first-order chi connectivity index (χ1) is 14.7. The number of carbonyl (C=O) groups is 1. The van der Waals surface area contributed by atoms with Crippen molar-refractivity contribution in [2.75, 3.05) is 0 Å². The number of rotatable bonds is 7.